The zero-order valence-corrected chi connectivity index (χ0v) is 10.1. The summed E-state index contributed by atoms with van der Waals surface area (Å²) in [6.07, 6.45) is 1.72. The van der Waals surface area contributed by atoms with E-state index in [4.69, 9.17) is 12.2 Å². The maximum atomic E-state index is 11.7. The highest BCUT2D eigenvalue weighted by atomic mass is 32.2. The molecule has 1 heterocycles. The van der Waals surface area contributed by atoms with Gasteiger partial charge in [-0.2, -0.15) is 0 Å². The highest BCUT2D eigenvalue weighted by Crippen LogP contribution is 2.31. The number of phenolic OH excluding ortho intramolecular Hbond substituents is 1. The number of likely N-dealkylation sites (N-methyl/N-ethyl adjacent to an activating group) is 1. The molecule has 5 heteroatoms. The molecule has 16 heavy (non-hydrogen) atoms. The highest BCUT2D eigenvalue weighted by Gasteiger charge is 2.28. The molecule has 82 valence electrons. The van der Waals surface area contributed by atoms with Crippen LogP contribution < -0.4 is 0 Å². The number of nitrogens with zero attached hydrogens (tertiary/aromatic N) is 1. The third-order valence-electron chi connectivity index (χ3n) is 2.15. The van der Waals surface area contributed by atoms with Crippen molar-refractivity contribution in [1.82, 2.24) is 4.90 Å². The first-order valence-corrected chi connectivity index (χ1v) is 5.81. The van der Waals surface area contributed by atoms with Gasteiger partial charge >= 0.3 is 0 Å². The van der Waals surface area contributed by atoms with E-state index in [0.29, 0.717) is 9.23 Å². The van der Waals surface area contributed by atoms with Crippen molar-refractivity contribution >= 4 is 40.3 Å². The predicted octanol–water partition coefficient (Wildman–Crippen LogP) is 2.22. The monoisotopic (exact) mass is 251 g/mol. The molecule has 0 atom stereocenters. The standard InChI is InChI=1S/C11H9NO2S2/c1-12-10(14)9(16-11(12)15)6-7-3-2-4-8(13)5-7/h2-6,13H,1H3/b9-6+. The van der Waals surface area contributed by atoms with Gasteiger partial charge in [0, 0.05) is 7.05 Å². The van der Waals surface area contributed by atoms with Crippen molar-refractivity contribution in [1.29, 1.82) is 0 Å². The third kappa shape index (κ3) is 2.10. The van der Waals surface area contributed by atoms with Crippen LogP contribution in [0.25, 0.3) is 6.08 Å². The van der Waals surface area contributed by atoms with Crippen LogP contribution in [-0.4, -0.2) is 27.3 Å². The molecule has 0 unspecified atom stereocenters. The van der Waals surface area contributed by atoms with Gasteiger partial charge in [-0.15, -0.1) is 0 Å². The predicted molar refractivity (Wildman–Crippen MR) is 69.0 cm³/mol. The van der Waals surface area contributed by atoms with Gasteiger partial charge in [0.05, 0.1) is 4.91 Å². The summed E-state index contributed by atoms with van der Waals surface area (Å²) >= 11 is 6.29. The summed E-state index contributed by atoms with van der Waals surface area (Å²) in [6.45, 7) is 0. The Bertz CT molecular complexity index is 497. The van der Waals surface area contributed by atoms with Gasteiger partial charge in [0.2, 0.25) is 0 Å². The van der Waals surface area contributed by atoms with Crippen molar-refractivity contribution < 1.29 is 9.90 Å². The first kappa shape index (κ1) is 11.2. The molecule has 0 aliphatic carbocycles. The van der Waals surface area contributed by atoms with E-state index >= 15 is 0 Å². The fourth-order valence-electron chi connectivity index (χ4n) is 1.31. The molecule has 0 bridgehead atoms. The van der Waals surface area contributed by atoms with E-state index in [0.717, 1.165) is 5.56 Å². The highest BCUT2D eigenvalue weighted by molar-refractivity contribution is 8.26. The van der Waals surface area contributed by atoms with Crippen LogP contribution in [0.5, 0.6) is 5.75 Å². The minimum absolute atomic E-state index is 0.0988. The molecule has 3 nitrogen and oxygen atoms in total. The van der Waals surface area contributed by atoms with Crippen molar-refractivity contribution in [2.24, 2.45) is 0 Å². The molecule has 1 N–H and O–H groups in total. The van der Waals surface area contributed by atoms with Gasteiger partial charge in [-0.25, -0.2) is 0 Å². The normalized spacial score (nSPS) is 18.6. The smallest absolute Gasteiger partial charge is 0.265 e. The van der Waals surface area contributed by atoms with Gasteiger partial charge in [-0.3, -0.25) is 9.69 Å². The molecule has 1 aliphatic heterocycles. The summed E-state index contributed by atoms with van der Waals surface area (Å²) < 4.78 is 0.552. The van der Waals surface area contributed by atoms with E-state index in [1.165, 1.54) is 16.7 Å². The van der Waals surface area contributed by atoms with Crippen molar-refractivity contribution in [3.8, 4) is 5.75 Å². The third-order valence-corrected chi connectivity index (χ3v) is 3.64. The lowest BCUT2D eigenvalue weighted by molar-refractivity contribution is -0.121. The summed E-state index contributed by atoms with van der Waals surface area (Å²) in [5.41, 5.74) is 0.786. The van der Waals surface area contributed by atoms with E-state index < -0.39 is 0 Å². The average molecular weight is 251 g/mol. The van der Waals surface area contributed by atoms with E-state index in [1.807, 2.05) is 6.07 Å². The average Bonchev–Trinajstić information content (AvgIpc) is 2.47. The summed E-state index contributed by atoms with van der Waals surface area (Å²) in [7, 11) is 1.65. The number of thioether (sulfide) groups is 1. The molecule has 1 fully saturated rings. The Morgan fingerprint density at radius 3 is 2.81 bits per heavy atom. The maximum absolute atomic E-state index is 11.7. The number of benzene rings is 1. The summed E-state index contributed by atoms with van der Waals surface area (Å²) in [5, 5.41) is 9.30. The Hall–Kier alpha value is -1.33. The summed E-state index contributed by atoms with van der Waals surface area (Å²) in [5.74, 6) is 0.0825. The Kier molecular flexibility index (Phi) is 2.98. The van der Waals surface area contributed by atoms with E-state index in [1.54, 1.807) is 31.3 Å². The van der Waals surface area contributed by atoms with Gasteiger partial charge in [0.25, 0.3) is 5.91 Å². The molecule has 1 saturated heterocycles. The Balaban J connectivity index is 2.33. The molecular weight excluding hydrogens is 242 g/mol. The summed E-state index contributed by atoms with van der Waals surface area (Å²) in [6, 6.07) is 6.74. The van der Waals surface area contributed by atoms with Crippen LogP contribution in [0.15, 0.2) is 29.2 Å². The maximum Gasteiger partial charge on any atom is 0.265 e. The molecule has 1 aromatic rings. The molecular formula is C11H9NO2S2. The van der Waals surface area contributed by atoms with Crippen molar-refractivity contribution in [3.63, 3.8) is 0 Å². The lowest BCUT2D eigenvalue weighted by atomic mass is 10.2. The zero-order valence-electron chi connectivity index (χ0n) is 8.51. The van der Waals surface area contributed by atoms with Crippen LogP contribution in [0.1, 0.15) is 5.56 Å². The van der Waals surface area contributed by atoms with E-state index in [2.05, 4.69) is 0 Å². The van der Waals surface area contributed by atoms with Crippen LogP contribution >= 0.6 is 24.0 Å². The fourth-order valence-corrected chi connectivity index (χ4v) is 2.49. The molecule has 0 spiro atoms. The van der Waals surface area contributed by atoms with Crippen molar-refractivity contribution in [2.45, 2.75) is 0 Å². The topological polar surface area (TPSA) is 40.5 Å². The molecule has 0 radical (unpaired) electrons. The van der Waals surface area contributed by atoms with Crippen molar-refractivity contribution in [3.05, 3.63) is 34.7 Å². The molecule has 1 aliphatic rings. The number of hydrogen-bond donors (Lipinski definition) is 1. The minimum Gasteiger partial charge on any atom is -0.508 e. The molecule has 2 rings (SSSR count). The van der Waals surface area contributed by atoms with Gasteiger partial charge in [0.1, 0.15) is 10.1 Å². The number of aromatic hydroxyl groups is 1. The van der Waals surface area contributed by atoms with Crippen molar-refractivity contribution in [2.75, 3.05) is 7.05 Å². The number of carbonyl (C=O) groups is 1. The number of phenols is 1. The van der Waals surface area contributed by atoms with E-state index in [-0.39, 0.29) is 11.7 Å². The molecule has 0 aromatic heterocycles. The number of amides is 1. The van der Waals surface area contributed by atoms with Gasteiger partial charge < -0.3 is 5.11 Å². The SMILES string of the molecule is CN1C(=O)/C(=C\c2cccc(O)c2)SC1=S. The van der Waals surface area contributed by atoms with Crippen LogP contribution in [0, 0.1) is 0 Å². The summed E-state index contributed by atoms with van der Waals surface area (Å²) in [4.78, 5) is 13.7. The number of thiocarbonyl (C=S) groups is 1. The minimum atomic E-state index is -0.0988. The second-order valence-electron chi connectivity index (χ2n) is 3.34. The van der Waals surface area contributed by atoms with E-state index in [9.17, 15) is 9.90 Å². The van der Waals surface area contributed by atoms with Crippen LogP contribution in [0.2, 0.25) is 0 Å². The van der Waals surface area contributed by atoms with Crippen LogP contribution in [-0.2, 0) is 4.79 Å². The molecule has 0 saturated carbocycles. The molecule has 1 amide bonds. The Labute approximate surface area is 103 Å². The first-order chi connectivity index (χ1) is 7.58. The fraction of sp³-hybridized carbons (Fsp3) is 0.0909. The number of hydrogen-bond acceptors (Lipinski definition) is 4. The van der Waals surface area contributed by atoms with Crippen LogP contribution in [0.4, 0.5) is 0 Å². The first-order valence-electron chi connectivity index (χ1n) is 4.58. The molecule has 1 aromatic carbocycles. The largest absolute Gasteiger partial charge is 0.508 e. The zero-order chi connectivity index (χ0) is 11.7. The Morgan fingerprint density at radius 1 is 1.50 bits per heavy atom. The number of carbonyl (C=O) groups excluding carboxylic acids is 1. The van der Waals surface area contributed by atoms with Gasteiger partial charge in [-0.1, -0.05) is 36.1 Å². The van der Waals surface area contributed by atoms with Gasteiger partial charge in [-0.05, 0) is 23.8 Å². The lowest BCUT2D eigenvalue weighted by Crippen LogP contribution is -2.22. The second kappa shape index (κ2) is 4.27. The number of rotatable bonds is 1. The second-order valence-corrected chi connectivity index (χ2v) is 5.01. The van der Waals surface area contributed by atoms with Gasteiger partial charge in [0.15, 0.2) is 0 Å². The van der Waals surface area contributed by atoms with Crippen LogP contribution in [0.3, 0.4) is 0 Å². The lowest BCUT2D eigenvalue weighted by Gasteiger charge is -2.03. The Morgan fingerprint density at radius 2 is 2.25 bits per heavy atom. The quantitative estimate of drug-likeness (QED) is 0.614.